The number of rotatable bonds is 11. The second-order valence-electron chi connectivity index (χ2n) is 11.3. The average molecular weight is 622 g/mol. The Balaban J connectivity index is 1.13. The predicted molar refractivity (Wildman–Crippen MR) is 156 cm³/mol. The van der Waals surface area contributed by atoms with Crippen LogP contribution in [-0.2, 0) is 21.2 Å². The highest BCUT2D eigenvalue weighted by molar-refractivity contribution is 7.92. The molecule has 2 bridgehead atoms. The molecule has 2 aromatic carbocycles. The van der Waals surface area contributed by atoms with Crippen LogP contribution in [0.25, 0.3) is 11.3 Å². The standard InChI is InChI=1S/C30H31Cl2FN2O5S/c1-2-10-41(37,38)16-26(36)21-9-8-19(12-25(21)33)35-14-18-11-20(35)13-27(18)39-15-22-29(34-40-30(22)17-6-7-17)28-23(31)4-3-5-24(28)32/h3-5,8-9,12,17-18,20,27H,2,6-7,10-11,13-16H2,1H3/t18-,20-,27+/m0/s1. The van der Waals surface area contributed by atoms with Gasteiger partial charge in [-0.1, -0.05) is 41.3 Å². The maximum atomic E-state index is 15.0. The van der Waals surface area contributed by atoms with E-state index < -0.39 is 27.2 Å². The minimum atomic E-state index is -3.55. The number of piperidine rings is 1. The zero-order valence-corrected chi connectivity index (χ0v) is 24.9. The molecule has 1 aliphatic heterocycles. The summed E-state index contributed by atoms with van der Waals surface area (Å²) in [5.74, 6) is -0.733. The lowest BCUT2D eigenvalue weighted by molar-refractivity contribution is 0.0122. The molecule has 0 spiro atoms. The van der Waals surface area contributed by atoms with Crippen molar-refractivity contribution < 1.29 is 26.9 Å². The van der Waals surface area contributed by atoms with Crippen LogP contribution in [0.5, 0.6) is 0 Å². The summed E-state index contributed by atoms with van der Waals surface area (Å²) in [4.78, 5) is 14.6. The van der Waals surface area contributed by atoms with Gasteiger partial charge < -0.3 is 14.2 Å². The molecule has 6 rings (SSSR count). The number of hydrogen-bond acceptors (Lipinski definition) is 7. The molecule has 3 aliphatic rings. The van der Waals surface area contributed by atoms with Gasteiger partial charge in [-0.25, -0.2) is 12.8 Å². The molecule has 1 aromatic heterocycles. The molecular weight excluding hydrogens is 590 g/mol. The first kappa shape index (κ1) is 28.6. The molecule has 2 heterocycles. The number of aromatic nitrogens is 1. The van der Waals surface area contributed by atoms with Crippen LogP contribution in [0.3, 0.4) is 0 Å². The second kappa shape index (κ2) is 11.3. The molecule has 218 valence electrons. The van der Waals surface area contributed by atoms with Crippen LogP contribution in [0.1, 0.15) is 66.6 Å². The quantitative estimate of drug-likeness (QED) is 0.216. The third kappa shape index (κ3) is 5.78. The second-order valence-corrected chi connectivity index (χ2v) is 14.3. The Hall–Kier alpha value is -2.46. The largest absolute Gasteiger partial charge is 0.373 e. The molecule has 3 fully saturated rings. The van der Waals surface area contributed by atoms with Crippen LogP contribution in [0.15, 0.2) is 40.9 Å². The van der Waals surface area contributed by atoms with Crippen molar-refractivity contribution in [3.05, 3.63) is 69.1 Å². The maximum absolute atomic E-state index is 15.0. The monoisotopic (exact) mass is 620 g/mol. The molecule has 0 radical (unpaired) electrons. The Morgan fingerprint density at radius 3 is 2.56 bits per heavy atom. The number of benzene rings is 2. The zero-order valence-electron chi connectivity index (χ0n) is 22.6. The van der Waals surface area contributed by atoms with Crippen LogP contribution in [0.4, 0.5) is 10.1 Å². The summed E-state index contributed by atoms with van der Waals surface area (Å²) < 4.78 is 51.3. The lowest BCUT2D eigenvalue weighted by atomic mass is 10.0. The number of halogens is 3. The number of carbonyl (C=O) groups is 1. The van der Waals surface area contributed by atoms with E-state index in [-0.39, 0.29) is 29.4 Å². The highest BCUT2D eigenvalue weighted by Crippen LogP contribution is 2.47. The Labute approximate surface area is 248 Å². The van der Waals surface area contributed by atoms with E-state index in [4.69, 9.17) is 32.5 Å². The summed E-state index contributed by atoms with van der Waals surface area (Å²) in [6.45, 7) is 2.77. The van der Waals surface area contributed by atoms with Gasteiger partial charge in [-0.05, 0) is 62.4 Å². The van der Waals surface area contributed by atoms with Crippen molar-refractivity contribution in [2.45, 2.75) is 63.7 Å². The first-order valence-corrected chi connectivity index (χ1v) is 16.6. The number of ketones is 1. The van der Waals surface area contributed by atoms with Gasteiger partial charge in [0.25, 0.3) is 0 Å². The summed E-state index contributed by atoms with van der Waals surface area (Å²) >= 11 is 13.0. The third-order valence-corrected chi connectivity index (χ3v) is 10.7. The smallest absolute Gasteiger partial charge is 0.180 e. The Bertz CT molecular complexity index is 1570. The van der Waals surface area contributed by atoms with Gasteiger partial charge in [0.2, 0.25) is 0 Å². The van der Waals surface area contributed by atoms with Crippen LogP contribution < -0.4 is 4.90 Å². The molecule has 3 atom stereocenters. The zero-order chi connectivity index (χ0) is 28.9. The van der Waals surface area contributed by atoms with Gasteiger partial charge in [0.15, 0.2) is 15.6 Å². The lowest BCUT2D eigenvalue weighted by Gasteiger charge is -2.33. The normalized spacial score (nSPS) is 22.0. The summed E-state index contributed by atoms with van der Waals surface area (Å²) in [6, 6.07) is 9.99. The fourth-order valence-corrected chi connectivity index (χ4v) is 8.13. The molecule has 41 heavy (non-hydrogen) atoms. The van der Waals surface area contributed by atoms with E-state index in [1.165, 1.54) is 12.1 Å². The first-order valence-electron chi connectivity index (χ1n) is 14.0. The van der Waals surface area contributed by atoms with Crippen molar-refractivity contribution in [2.24, 2.45) is 5.92 Å². The fourth-order valence-electron chi connectivity index (χ4n) is 6.23. The topological polar surface area (TPSA) is 89.7 Å². The van der Waals surface area contributed by atoms with E-state index in [1.807, 2.05) is 0 Å². The van der Waals surface area contributed by atoms with Crippen molar-refractivity contribution in [3.8, 4) is 11.3 Å². The third-order valence-electron chi connectivity index (χ3n) is 8.34. The Morgan fingerprint density at radius 2 is 1.93 bits per heavy atom. The van der Waals surface area contributed by atoms with Gasteiger partial charge in [0.05, 0.1) is 34.1 Å². The summed E-state index contributed by atoms with van der Waals surface area (Å²) in [6.07, 6.45) is 4.25. The molecule has 2 saturated carbocycles. The van der Waals surface area contributed by atoms with Crippen LogP contribution >= 0.6 is 23.2 Å². The lowest BCUT2D eigenvalue weighted by Crippen LogP contribution is -2.38. The molecule has 0 amide bonds. The molecule has 11 heteroatoms. The van der Waals surface area contributed by atoms with Crippen molar-refractivity contribution in [2.75, 3.05) is 23.0 Å². The van der Waals surface area contributed by atoms with Crippen molar-refractivity contribution >= 4 is 44.5 Å². The van der Waals surface area contributed by atoms with Crippen molar-refractivity contribution in [1.82, 2.24) is 5.16 Å². The van der Waals surface area contributed by atoms with Crippen molar-refractivity contribution in [1.29, 1.82) is 0 Å². The summed E-state index contributed by atoms with van der Waals surface area (Å²) in [7, 11) is -3.55. The SMILES string of the molecule is CCCS(=O)(=O)CC(=O)c1ccc(N2C[C@@H]3C[C@H]2C[C@H]3OCc2c(-c3c(Cl)cccc3Cl)noc2C2CC2)cc1F. The van der Waals surface area contributed by atoms with E-state index in [2.05, 4.69) is 10.1 Å². The molecule has 3 aromatic rings. The number of fused-ring (bicyclic) bond motifs is 2. The highest BCUT2D eigenvalue weighted by Gasteiger charge is 2.46. The first-order chi connectivity index (χ1) is 19.6. The molecule has 0 unspecified atom stereocenters. The van der Waals surface area contributed by atoms with Gasteiger partial charge in [0, 0.05) is 41.2 Å². The van der Waals surface area contributed by atoms with Crippen LogP contribution in [-0.4, -0.2) is 49.6 Å². The number of anilines is 1. The number of Topliss-reactive ketones (excluding diaryl/α,β-unsaturated/α-hetero) is 1. The van der Waals surface area contributed by atoms with E-state index in [9.17, 15) is 17.6 Å². The minimum Gasteiger partial charge on any atom is -0.373 e. The predicted octanol–water partition coefficient (Wildman–Crippen LogP) is 6.86. The average Bonchev–Trinajstić information content (AvgIpc) is 3.36. The number of carbonyl (C=O) groups excluding carboxylic acids is 1. The van der Waals surface area contributed by atoms with E-state index in [0.717, 1.165) is 37.0 Å². The Kier molecular flexibility index (Phi) is 7.91. The van der Waals surface area contributed by atoms with Crippen LogP contribution in [0.2, 0.25) is 10.0 Å². The van der Waals surface area contributed by atoms with Crippen LogP contribution in [0, 0.1) is 11.7 Å². The highest BCUT2D eigenvalue weighted by atomic mass is 35.5. The van der Waals surface area contributed by atoms with E-state index in [0.29, 0.717) is 52.5 Å². The fraction of sp³-hybridized carbons (Fsp3) is 0.467. The minimum absolute atomic E-state index is 0.0299. The van der Waals surface area contributed by atoms with Gasteiger partial charge in [-0.3, -0.25) is 4.79 Å². The Morgan fingerprint density at radius 1 is 1.17 bits per heavy atom. The molecule has 0 N–H and O–H groups in total. The molecular formula is C30H31Cl2FN2O5S. The summed E-state index contributed by atoms with van der Waals surface area (Å²) in [5, 5.41) is 5.36. The van der Waals surface area contributed by atoms with E-state index >= 15 is 0 Å². The van der Waals surface area contributed by atoms with E-state index in [1.54, 1.807) is 31.2 Å². The maximum Gasteiger partial charge on any atom is 0.180 e. The molecule has 2 aliphatic carbocycles. The van der Waals surface area contributed by atoms with Gasteiger partial charge in [-0.15, -0.1) is 0 Å². The number of ether oxygens (including phenoxy) is 1. The number of hydrogen-bond donors (Lipinski definition) is 0. The molecule has 1 saturated heterocycles. The van der Waals surface area contributed by atoms with Crippen molar-refractivity contribution in [3.63, 3.8) is 0 Å². The summed E-state index contributed by atoms with van der Waals surface area (Å²) in [5.41, 5.74) is 2.67. The number of sulfone groups is 1. The van der Waals surface area contributed by atoms with Gasteiger partial charge in [0.1, 0.15) is 23.0 Å². The van der Waals surface area contributed by atoms with Gasteiger partial charge in [-0.2, -0.15) is 0 Å². The number of nitrogens with zero attached hydrogens (tertiary/aromatic N) is 2. The molecule has 7 nitrogen and oxygen atoms in total. The van der Waals surface area contributed by atoms with Gasteiger partial charge >= 0.3 is 0 Å².